The highest BCUT2D eigenvalue weighted by atomic mass is 16.5. The van der Waals surface area contributed by atoms with Gasteiger partial charge in [-0.15, -0.1) is 0 Å². The van der Waals surface area contributed by atoms with Gasteiger partial charge in [0, 0.05) is 6.04 Å². The Morgan fingerprint density at radius 2 is 1.75 bits per heavy atom. The average molecular weight is 267 g/mol. The monoisotopic (exact) mass is 267 g/mol. The van der Waals surface area contributed by atoms with Gasteiger partial charge in [-0.25, -0.2) is 0 Å². The van der Waals surface area contributed by atoms with Crippen molar-refractivity contribution >= 4 is 0 Å². The summed E-state index contributed by atoms with van der Waals surface area (Å²) in [5.41, 5.74) is 8.54. The van der Waals surface area contributed by atoms with Crippen LogP contribution in [0.3, 0.4) is 0 Å². The smallest absolute Gasteiger partial charge is 0.119 e. The fraction of sp³-hybridized carbons (Fsp3) is 0.333. The molecule has 2 aromatic rings. The third-order valence-electron chi connectivity index (χ3n) is 4.39. The molecule has 20 heavy (non-hydrogen) atoms. The summed E-state index contributed by atoms with van der Waals surface area (Å²) < 4.78 is 5.80. The molecule has 1 aliphatic rings. The number of benzene rings is 2. The number of hydrogen-bond acceptors (Lipinski definition) is 2. The van der Waals surface area contributed by atoms with Crippen LogP contribution in [0.5, 0.6) is 5.75 Å². The van der Waals surface area contributed by atoms with Crippen LogP contribution in [0.1, 0.15) is 30.4 Å². The van der Waals surface area contributed by atoms with E-state index in [-0.39, 0.29) is 0 Å². The van der Waals surface area contributed by atoms with E-state index in [9.17, 15) is 0 Å². The first-order chi connectivity index (χ1) is 9.74. The van der Waals surface area contributed by atoms with Crippen molar-refractivity contribution in [3.8, 4) is 5.75 Å². The minimum absolute atomic E-state index is 0.369. The van der Waals surface area contributed by atoms with E-state index in [1.54, 1.807) is 0 Å². The van der Waals surface area contributed by atoms with Crippen LogP contribution in [-0.2, 0) is 6.61 Å². The molecule has 0 aromatic heterocycles. The van der Waals surface area contributed by atoms with Gasteiger partial charge in [-0.05, 0) is 41.5 Å². The van der Waals surface area contributed by atoms with Crippen molar-refractivity contribution in [2.24, 2.45) is 11.7 Å². The molecule has 3 unspecified atom stereocenters. The normalized spacial score (nSPS) is 25.0. The van der Waals surface area contributed by atoms with Crippen LogP contribution in [0.25, 0.3) is 0 Å². The first-order valence-electron chi connectivity index (χ1n) is 7.26. The van der Waals surface area contributed by atoms with E-state index < -0.39 is 0 Å². The Kier molecular flexibility index (Phi) is 3.75. The van der Waals surface area contributed by atoms with Crippen molar-refractivity contribution in [2.75, 3.05) is 0 Å². The molecule has 2 N–H and O–H groups in total. The maximum Gasteiger partial charge on any atom is 0.119 e. The molecule has 0 radical (unpaired) electrons. The predicted octanol–water partition coefficient (Wildman–Crippen LogP) is 3.72. The van der Waals surface area contributed by atoms with Gasteiger partial charge in [0.1, 0.15) is 12.4 Å². The Bertz CT molecular complexity index is 549. The Morgan fingerprint density at radius 1 is 1.05 bits per heavy atom. The van der Waals surface area contributed by atoms with Gasteiger partial charge in [0.2, 0.25) is 0 Å². The summed E-state index contributed by atoms with van der Waals surface area (Å²) in [5.74, 6) is 2.13. The third-order valence-corrected chi connectivity index (χ3v) is 4.39. The number of nitrogens with two attached hydrogens (primary N) is 1. The molecule has 3 rings (SSSR count). The lowest BCUT2D eigenvalue weighted by molar-refractivity contribution is 0.226. The molecule has 0 aliphatic heterocycles. The first kappa shape index (κ1) is 13.2. The van der Waals surface area contributed by atoms with E-state index in [4.69, 9.17) is 10.5 Å². The van der Waals surface area contributed by atoms with Crippen molar-refractivity contribution in [1.82, 2.24) is 0 Å². The molecule has 3 atom stereocenters. The van der Waals surface area contributed by atoms with Crippen LogP contribution in [0.4, 0.5) is 0 Å². The van der Waals surface area contributed by atoms with E-state index in [2.05, 4.69) is 43.3 Å². The highest BCUT2D eigenvalue weighted by Gasteiger charge is 2.35. The summed E-state index contributed by atoms with van der Waals surface area (Å²) in [4.78, 5) is 0. The summed E-state index contributed by atoms with van der Waals surface area (Å²) in [6.45, 7) is 2.85. The zero-order chi connectivity index (χ0) is 13.9. The highest BCUT2D eigenvalue weighted by Crippen LogP contribution is 2.41. The van der Waals surface area contributed by atoms with E-state index in [0.29, 0.717) is 24.5 Å². The molecule has 2 nitrogen and oxygen atoms in total. The van der Waals surface area contributed by atoms with Gasteiger partial charge in [0.25, 0.3) is 0 Å². The van der Waals surface area contributed by atoms with Gasteiger partial charge >= 0.3 is 0 Å². The molecule has 1 aliphatic carbocycles. The van der Waals surface area contributed by atoms with E-state index in [1.165, 1.54) is 11.1 Å². The van der Waals surface area contributed by atoms with Gasteiger partial charge in [0.05, 0.1) is 0 Å². The molecule has 1 saturated carbocycles. The van der Waals surface area contributed by atoms with Gasteiger partial charge in [-0.3, -0.25) is 0 Å². The van der Waals surface area contributed by atoms with E-state index in [0.717, 1.165) is 12.2 Å². The summed E-state index contributed by atoms with van der Waals surface area (Å²) >= 11 is 0. The van der Waals surface area contributed by atoms with Crippen molar-refractivity contribution in [3.05, 3.63) is 65.7 Å². The second kappa shape index (κ2) is 5.68. The van der Waals surface area contributed by atoms with Gasteiger partial charge in [-0.2, -0.15) is 0 Å². The minimum atomic E-state index is 0.369. The molecule has 104 valence electrons. The van der Waals surface area contributed by atoms with Crippen LogP contribution in [0, 0.1) is 5.92 Å². The molecule has 0 bridgehead atoms. The van der Waals surface area contributed by atoms with Crippen LogP contribution in [0.15, 0.2) is 54.6 Å². The molecular formula is C18H21NO. The predicted molar refractivity (Wildman–Crippen MR) is 81.7 cm³/mol. The van der Waals surface area contributed by atoms with E-state index in [1.807, 2.05) is 18.2 Å². The summed E-state index contributed by atoms with van der Waals surface area (Å²) in [6.07, 6.45) is 1.10. The van der Waals surface area contributed by atoms with Crippen molar-refractivity contribution in [2.45, 2.75) is 31.9 Å². The van der Waals surface area contributed by atoms with E-state index >= 15 is 0 Å². The molecule has 0 amide bonds. The molecule has 2 aromatic carbocycles. The lowest BCUT2D eigenvalue weighted by atomic mass is 9.67. The summed E-state index contributed by atoms with van der Waals surface area (Å²) in [5, 5.41) is 0. The zero-order valence-electron chi connectivity index (χ0n) is 11.8. The number of rotatable bonds is 4. The zero-order valence-corrected chi connectivity index (χ0v) is 11.8. The average Bonchev–Trinajstić information content (AvgIpc) is 2.52. The van der Waals surface area contributed by atoms with Gasteiger partial charge in [-0.1, -0.05) is 49.4 Å². The van der Waals surface area contributed by atoms with Crippen LogP contribution < -0.4 is 10.5 Å². The molecule has 0 saturated heterocycles. The van der Waals surface area contributed by atoms with Crippen LogP contribution >= 0.6 is 0 Å². The fourth-order valence-electron chi connectivity index (χ4n) is 2.82. The van der Waals surface area contributed by atoms with Crippen molar-refractivity contribution in [3.63, 3.8) is 0 Å². The third kappa shape index (κ3) is 2.70. The first-order valence-corrected chi connectivity index (χ1v) is 7.26. The maximum atomic E-state index is 5.97. The quantitative estimate of drug-likeness (QED) is 0.916. The Morgan fingerprint density at radius 3 is 2.35 bits per heavy atom. The lowest BCUT2D eigenvalue weighted by Crippen LogP contribution is -2.44. The molecule has 0 heterocycles. The van der Waals surface area contributed by atoms with Crippen molar-refractivity contribution < 1.29 is 4.74 Å². The fourth-order valence-corrected chi connectivity index (χ4v) is 2.82. The highest BCUT2D eigenvalue weighted by molar-refractivity contribution is 5.32. The van der Waals surface area contributed by atoms with Crippen LogP contribution in [-0.4, -0.2) is 6.04 Å². The number of hydrogen-bond donors (Lipinski definition) is 1. The SMILES string of the molecule is CC1C(N)CC1c1ccc(OCc2ccccc2)cc1. The second-order valence-corrected chi connectivity index (χ2v) is 5.71. The van der Waals surface area contributed by atoms with Gasteiger partial charge in [0.15, 0.2) is 0 Å². The molecular weight excluding hydrogens is 246 g/mol. The largest absolute Gasteiger partial charge is 0.489 e. The molecule has 0 spiro atoms. The summed E-state index contributed by atoms with van der Waals surface area (Å²) in [6, 6.07) is 19.1. The summed E-state index contributed by atoms with van der Waals surface area (Å²) in [7, 11) is 0. The maximum absolute atomic E-state index is 5.97. The lowest BCUT2D eigenvalue weighted by Gasteiger charge is -2.40. The van der Waals surface area contributed by atoms with Gasteiger partial charge < -0.3 is 10.5 Å². The van der Waals surface area contributed by atoms with Crippen LogP contribution in [0.2, 0.25) is 0 Å². The Hall–Kier alpha value is -1.80. The Balaban J connectivity index is 1.59. The number of ether oxygens (including phenoxy) is 1. The standard InChI is InChI=1S/C18H21NO/c1-13-17(11-18(13)19)15-7-9-16(10-8-15)20-12-14-5-3-2-4-6-14/h2-10,13,17-18H,11-12,19H2,1H3. The minimum Gasteiger partial charge on any atom is -0.489 e. The Labute approximate surface area is 120 Å². The topological polar surface area (TPSA) is 35.2 Å². The van der Waals surface area contributed by atoms with Crippen molar-refractivity contribution in [1.29, 1.82) is 0 Å². The molecule has 1 fully saturated rings. The molecule has 2 heteroatoms. The second-order valence-electron chi connectivity index (χ2n) is 5.71.